The number of carbonyl (C=O) groups excluding carboxylic acids is 1. The molecule has 6 heteroatoms. The zero-order valence-electron chi connectivity index (χ0n) is 12.1. The molecule has 3 rings (SSSR count). The fourth-order valence-corrected chi connectivity index (χ4v) is 3.02. The molecular weight excluding hydrogens is 333 g/mol. The number of halogens is 2. The monoisotopic (exact) mass is 347 g/mol. The molecule has 1 atom stereocenters. The van der Waals surface area contributed by atoms with Crippen molar-refractivity contribution in [3.8, 4) is 0 Å². The molecule has 0 bridgehead atoms. The first-order chi connectivity index (χ1) is 11.0. The topological polar surface area (TPSA) is 70.9 Å². The molecule has 1 heterocycles. The number of anilines is 1. The highest BCUT2D eigenvalue weighted by Gasteiger charge is 2.16. The summed E-state index contributed by atoms with van der Waals surface area (Å²) in [5, 5.41) is 4.72. The van der Waals surface area contributed by atoms with Gasteiger partial charge in [-0.15, -0.1) is 0 Å². The van der Waals surface area contributed by atoms with Gasteiger partial charge in [-0.3, -0.25) is 4.79 Å². The fourth-order valence-electron chi connectivity index (χ4n) is 2.49. The summed E-state index contributed by atoms with van der Waals surface area (Å²) in [5.74, 6) is -0.284. The van der Waals surface area contributed by atoms with E-state index in [9.17, 15) is 4.79 Å². The minimum absolute atomic E-state index is 0.284. The third-order valence-electron chi connectivity index (χ3n) is 3.58. The van der Waals surface area contributed by atoms with Crippen molar-refractivity contribution in [2.45, 2.75) is 12.5 Å². The molecule has 0 spiro atoms. The quantitative estimate of drug-likeness (QED) is 0.667. The normalized spacial score (nSPS) is 12.3. The van der Waals surface area contributed by atoms with Crippen molar-refractivity contribution in [3.05, 3.63) is 64.3 Å². The van der Waals surface area contributed by atoms with Crippen LogP contribution in [-0.4, -0.2) is 16.9 Å². The maximum Gasteiger partial charge on any atom is 0.241 e. The van der Waals surface area contributed by atoms with Gasteiger partial charge in [-0.2, -0.15) is 0 Å². The van der Waals surface area contributed by atoms with Gasteiger partial charge in [0, 0.05) is 32.8 Å². The molecule has 0 fully saturated rings. The van der Waals surface area contributed by atoms with E-state index in [2.05, 4.69) is 10.3 Å². The SMILES string of the molecule is NC(Cc1c[nH]c2ccccc12)C(=O)Nc1cc(Cl)cc(Cl)c1. The molecular formula is C17H15Cl2N3O. The number of fused-ring (bicyclic) bond motifs is 1. The van der Waals surface area contributed by atoms with Gasteiger partial charge in [0.2, 0.25) is 5.91 Å². The number of carbonyl (C=O) groups is 1. The summed E-state index contributed by atoms with van der Waals surface area (Å²) in [5.41, 5.74) is 8.59. The van der Waals surface area contributed by atoms with E-state index in [1.807, 2.05) is 30.5 Å². The van der Waals surface area contributed by atoms with Crippen LogP contribution in [0.4, 0.5) is 5.69 Å². The molecule has 1 aromatic heterocycles. The number of amides is 1. The van der Waals surface area contributed by atoms with Crippen LogP contribution in [0.25, 0.3) is 10.9 Å². The Balaban J connectivity index is 1.72. The Hall–Kier alpha value is -2.01. The number of hydrogen-bond acceptors (Lipinski definition) is 2. The Morgan fingerprint density at radius 3 is 2.61 bits per heavy atom. The minimum Gasteiger partial charge on any atom is -0.361 e. The van der Waals surface area contributed by atoms with E-state index in [1.54, 1.807) is 18.2 Å². The second-order valence-electron chi connectivity index (χ2n) is 5.32. The number of rotatable bonds is 4. The lowest BCUT2D eigenvalue weighted by molar-refractivity contribution is -0.117. The van der Waals surface area contributed by atoms with E-state index < -0.39 is 6.04 Å². The summed E-state index contributed by atoms with van der Waals surface area (Å²) in [6.07, 6.45) is 2.32. The fraction of sp³-hybridized carbons (Fsp3) is 0.118. The number of benzene rings is 2. The Bertz CT molecular complexity index is 840. The first kappa shape index (κ1) is 15.9. The van der Waals surface area contributed by atoms with Gasteiger partial charge >= 0.3 is 0 Å². The maximum atomic E-state index is 12.3. The van der Waals surface area contributed by atoms with Gasteiger partial charge in [-0.1, -0.05) is 41.4 Å². The average molecular weight is 348 g/mol. The van der Waals surface area contributed by atoms with Crippen LogP contribution in [0, 0.1) is 0 Å². The van der Waals surface area contributed by atoms with Crippen LogP contribution in [-0.2, 0) is 11.2 Å². The maximum absolute atomic E-state index is 12.3. The lowest BCUT2D eigenvalue weighted by Crippen LogP contribution is -2.37. The van der Waals surface area contributed by atoms with Crippen molar-refractivity contribution < 1.29 is 4.79 Å². The van der Waals surface area contributed by atoms with Crippen molar-refractivity contribution >= 4 is 45.7 Å². The Morgan fingerprint density at radius 1 is 1.17 bits per heavy atom. The number of aromatic nitrogens is 1. The molecule has 3 aromatic rings. The number of nitrogens with two attached hydrogens (primary N) is 1. The summed E-state index contributed by atoms with van der Waals surface area (Å²) in [6.45, 7) is 0. The molecule has 23 heavy (non-hydrogen) atoms. The van der Waals surface area contributed by atoms with Gasteiger partial charge in [-0.05, 0) is 36.2 Å². The van der Waals surface area contributed by atoms with Crippen molar-refractivity contribution in [2.75, 3.05) is 5.32 Å². The van der Waals surface area contributed by atoms with Gasteiger partial charge in [0.1, 0.15) is 0 Å². The van der Waals surface area contributed by atoms with Crippen molar-refractivity contribution in [1.29, 1.82) is 0 Å². The molecule has 0 radical (unpaired) electrons. The molecule has 1 amide bonds. The second kappa shape index (κ2) is 6.62. The van der Waals surface area contributed by atoms with Crippen molar-refractivity contribution in [1.82, 2.24) is 4.98 Å². The Morgan fingerprint density at radius 2 is 1.87 bits per heavy atom. The van der Waals surface area contributed by atoms with Crippen LogP contribution in [0.1, 0.15) is 5.56 Å². The number of hydrogen-bond donors (Lipinski definition) is 3. The Kier molecular flexibility index (Phi) is 4.57. The van der Waals surface area contributed by atoms with Crippen LogP contribution in [0.3, 0.4) is 0 Å². The van der Waals surface area contributed by atoms with Crippen LogP contribution >= 0.6 is 23.2 Å². The number of para-hydroxylation sites is 1. The molecule has 2 aromatic carbocycles. The highest BCUT2D eigenvalue weighted by molar-refractivity contribution is 6.35. The largest absolute Gasteiger partial charge is 0.361 e. The molecule has 0 saturated heterocycles. The second-order valence-corrected chi connectivity index (χ2v) is 6.19. The summed E-state index contributed by atoms with van der Waals surface area (Å²) < 4.78 is 0. The number of nitrogens with one attached hydrogen (secondary N) is 2. The van der Waals surface area contributed by atoms with Crippen molar-refractivity contribution in [2.24, 2.45) is 5.73 Å². The molecule has 1 unspecified atom stereocenters. The van der Waals surface area contributed by atoms with E-state index in [4.69, 9.17) is 28.9 Å². The molecule has 0 aliphatic heterocycles. The molecule has 0 aliphatic carbocycles. The molecule has 0 aliphatic rings. The number of aromatic amines is 1. The Labute approximate surface area is 143 Å². The highest BCUT2D eigenvalue weighted by Crippen LogP contribution is 2.23. The minimum atomic E-state index is -0.674. The molecule has 0 saturated carbocycles. The standard InChI is InChI=1S/C17H15Cl2N3O/c18-11-6-12(19)8-13(7-11)22-17(23)15(20)5-10-9-21-16-4-2-1-3-14(10)16/h1-4,6-9,15,21H,5,20H2,(H,22,23). The molecule has 4 N–H and O–H groups in total. The van der Waals surface area contributed by atoms with Gasteiger partial charge in [0.15, 0.2) is 0 Å². The van der Waals surface area contributed by atoms with Gasteiger partial charge in [0.05, 0.1) is 6.04 Å². The lowest BCUT2D eigenvalue weighted by Gasteiger charge is -2.12. The predicted molar refractivity (Wildman–Crippen MR) is 95.1 cm³/mol. The van der Waals surface area contributed by atoms with Crippen LogP contribution < -0.4 is 11.1 Å². The third-order valence-corrected chi connectivity index (χ3v) is 4.02. The first-order valence-electron chi connectivity index (χ1n) is 7.10. The molecule has 4 nitrogen and oxygen atoms in total. The zero-order chi connectivity index (χ0) is 16.4. The van der Waals surface area contributed by atoms with Crippen LogP contribution in [0.15, 0.2) is 48.7 Å². The lowest BCUT2D eigenvalue weighted by atomic mass is 10.0. The first-order valence-corrected chi connectivity index (χ1v) is 7.86. The van der Waals surface area contributed by atoms with Crippen LogP contribution in [0.5, 0.6) is 0 Å². The van der Waals surface area contributed by atoms with E-state index in [1.165, 1.54) is 0 Å². The van der Waals surface area contributed by atoms with E-state index in [0.717, 1.165) is 16.5 Å². The predicted octanol–water partition coefficient (Wildman–Crippen LogP) is 3.98. The number of H-pyrrole nitrogens is 1. The van der Waals surface area contributed by atoms with Crippen molar-refractivity contribution in [3.63, 3.8) is 0 Å². The summed E-state index contributed by atoms with van der Waals surface area (Å²) in [4.78, 5) is 15.4. The highest BCUT2D eigenvalue weighted by atomic mass is 35.5. The summed E-state index contributed by atoms with van der Waals surface area (Å²) in [6, 6.07) is 12.1. The smallest absolute Gasteiger partial charge is 0.241 e. The van der Waals surface area contributed by atoms with E-state index in [-0.39, 0.29) is 5.91 Å². The summed E-state index contributed by atoms with van der Waals surface area (Å²) >= 11 is 11.8. The average Bonchev–Trinajstić information content (AvgIpc) is 2.89. The van der Waals surface area contributed by atoms with E-state index >= 15 is 0 Å². The van der Waals surface area contributed by atoms with Gasteiger partial charge in [0.25, 0.3) is 0 Å². The zero-order valence-corrected chi connectivity index (χ0v) is 13.7. The van der Waals surface area contributed by atoms with E-state index in [0.29, 0.717) is 22.2 Å². The van der Waals surface area contributed by atoms with Gasteiger partial charge in [-0.25, -0.2) is 0 Å². The van der Waals surface area contributed by atoms with Crippen LogP contribution in [0.2, 0.25) is 10.0 Å². The summed E-state index contributed by atoms with van der Waals surface area (Å²) in [7, 11) is 0. The molecule has 118 valence electrons. The third kappa shape index (κ3) is 3.67. The van der Waals surface area contributed by atoms with Gasteiger partial charge < -0.3 is 16.0 Å².